The highest BCUT2D eigenvalue weighted by molar-refractivity contribution is 7.99. The molecule has 5 nitrogen and oxygen atoms in total. The van der Waals surface area contributed by atoms with Crippen LogP contribution in [0.1, 0.15) is 30.1 Å². The van der Waals surface area contributed by atoms with Crippen LogP contribution in [0, 0.1) is 5.92 Å². The van der Waals surface area contributed by atoms with E-state index in [0.717, 1.165) is 24.3 Å². The molecule has 2 saturated heterocycles. The van der Waals surface area contributed by atoms with Crippen molar-refractivity contribution in [1.82, 2.24) is 9.21 Å². The van der Waals surface area contributed by atoms with Gasteiger partial charge in [0.2, 0.25) is 10.0 Å². The Labute approximate surface area is 158 Å². The van der Waals surface area contributed by atoms with E-state index >= 15 is 0 Å². The molecule has 0 aliphatic carbocycles. The molecule has 8 heteroatoms. The van der Waals surface area contributed by atoms with Gasteiger partial charge in [0, 0.05) is 37.7 Å². The van der Waals surface area contributed by atoms with Gasteiger partial charge >= 0.3 is 0 Å². The lowest BCUT2D eigenvalue weighted by Gasteiger charge is -2.31. The predicted molar refractivity (Wildman–Crippen MR) is 102 cm³/mol. The second-order valence-electron chi connectivity index (χ2n) is 6.63. The number of thioether (sulfide) groups is 1. The number of benzene rings is 1. The van der Waals surface area contributed by atoms with E-state index in [2.05, 4.69) is 6.92 Å². The molecular weight excluding hydrogens is 380 g/mol. The highest BCUT2D eigenvalue weighted by atomic mass is 35.5. The molecule has 0 aromatic heterocycles. The number of rotatable bonds is 3. The van der Waals surface area contributed by atoms with E-state index < -0.39 is 10.0 Å². The maximum atomic E-state index is 12.8. The third-order valence-corrected chi connectivity index (χ3v) is 8.01. The molecule has 0 bridgehead atoms. The van der Waals surface area contributed by atoms with Crippen LogP contribution in [0.2, 0.25) is 5.02 Å². The number of carbonyl (C=O) groups is 1. The van der Waals surface area contributed by atoms with Crippen molar-refractivity contribution in [2.24, 2.45) is 5.92 Å². The van der Waals surface area contributed by atoms with Crippen LogP contribution in [0.4, 0.5) is 0 Å². The number of hydrogen-bond acceptors (Lipinski definition) is 4. The molecule has 0 atom stereocenters. The second kappa shape index (κ2) is 7.86. The maximum absolute atomic E-state index is 12.8. The van der Waals surface area contributed by atoms with Gasteiger partial charge in [0.25, 0.3) is 5.91 Å². The molecule has 25 heavy (non-hydrogen) atoms. The Bertz CT molecular complexity index is 740. The first-order valence-corrected chi connectivity index (χ1v) is 11.5. The molecule has 1 aromatic rings. The third-order valence-electron chi connectivity index (χ3n) is 4.85. The average molecular weight is 403 g/mol. The van der Waals surface area contributed by atoms with Gasteiger partial charge in [-0.15, -0.1) is 0 Å². The topological polar surface area (TPSA) is 57.7 Å². The molecular formula is C17H23ClN2O3S2. The van der Waals surface area contributed by atoms with Crippen LogP contribution < -0.4 is 0 Å². The number of hydrogen-bond donors (Lipinski definition) is 0. The number of nitrogens with zero attached hydrogens (tertiary/aromatic N) is 2. The first kappa shape index (κ1) is 19.0. The summed E-state index contributed by atoms with van der Waals surface area (Å²) >= 11 is 7.97. The van der Waals surface area contributed by atoms with Crippen molar-refractivity contribution >= 4 is 39.3 Å². The lowest BCUT2D eigenvalue weighted by molar-refractivity contribution is 0.0697. The largest absolute Gasteiger partial charge is 0.339 e. The normalized spacial score (nSPS) is 20.6. The van der Waals surface area contributed by atoms with Crippen LogP contribution in [-0.2, 0) is 10.0 Å². The highest BCUT2D eigenvalue weighted by Gasteiger charge is 2.29. The summed E-state index contributed by atoms with van der Waals surface area (Å²) in [6.07, 6.45) is 1.93. The quantitative estimate of drug-likeness (QED) is 0.779. The van der Waals surface area contributed by atoms with Crippen molar-refractivity contribution in [3.8, 4) is 0 Å². The minimum Gasteiger partial charge on any atom is -0.339 e. The highest BCUT2D eigenvalue weighted by Crippen LogP contribution is 2.27. The molecule has 1 aromatic carbocycles. The monoisotopic (exact) mass is 402 g/mol. The van der Waals surface area contributed by atoms with Gasteiger partial charge in [-0.05, 0) is 37.0 Å². The molecule has 2 heterocycles. The molecule has 0 unspecified atom stereocenters. The number of carbonyl (C=O) groups excluding carboxylic acids is 1. The summed E-state index contributed by atoms with van der Waals surface area (Å²) in [5.74, 6) is 2.03. The summed E-state index contributed by atoms with van der Waals surface area (Å²) in [5.41, 5.74) is 0.281. The number of halogens is 1. The molecule has 0 saturated carbocycles. The molecule has 1 amide bonds. The first-order chi connectivity index (χ1) is 11.9. The van der Waals surface area contributed by atoms with Crippen LogP contribution in [-0.4, -0.2) is 61.2 Å². The Hall–Kier alpha value is -0.760. The van der Waals surface area contributed by atoms with Crippen LogP contribution >= 0.6 is 23.4 Å². The number of sulfonamides is 1. The Kier molecular flexibility index (Phi) is 5.98. The maximum Gasteiger partial charge on any atom is 0.255 e. The van der Waals surface area contributed by atoms with Gasteiger partial charge in [0.15, 0.2) is 0 Å². The van der Waals surface area contributed by atoms with Crippen molar-refractivity contribution in [2.45, 2.75) is 24.7 Å². The average Bonchev–Trinajstić information content (AvgIpc) is 2.63. The van der Waals surface area contributed by atoms with Crippen molar-refractivity contribution in [3.05, 3.63) is 28.8 Å². The SMILES string of the molecule is CC1CCN(C(=O)c2cc(S(=O)(=O)N3CCSCC3)ccc2Cl)CC1. The van der Waals surface area contributed by atoms with Gasteiger partial charge in [-0.1, -0.05) is 18.5 Å². The number of piperidine rings is 1. The van der Waals surface area contributed by atoms with E-state index in [4.69, 9.17) is 11.6 Å². The summed E-state index contributed by atoms with van der Waals surface area (Å²) in [6.45, 7) is 4.57. The fourth-order valence-corrected chi connectivity index (χ4v) is 5.95. The van der Waals surface area contributed by atoms with E-state index in [-0.39, 0.29) is 16.4 Å². The van der Waals surface area contributed by atoms with E-state index in [1.54, 1.807) is 16.7 Å². The molecule has 0 spiro atoms. The zero-order chi connectivity index (χ0) is 18.0. The molecule has 3 rings (SSSR count). The zero-order valence-electron chi connectivity index (χ0n) is 14.3. The Morgan fingerprint density at radius 1 is 1.16 bits per heavy atom. The van der Waals surface area contributed by atoms with Crippen molar-refractivity contribution < 1.29 is 13.2 Å². The molecule has 2 aliphatic heterocycles. The Morgan fingerprint density at radius 3 is 2.44 bits per heavy atom. The minimum absolute atomic E-state index is 0.150. The molecule has 138 valence electrons. The smallest absolute Gasteiger partial charge is 0.255 e. The number of amides is 1. The van der Waals surface area contributed by atoms with Crippen LogP contribution in [0.5, 0.6) is 0 Å². The molecule has 0 radical (unpaired) electrons. The standard InChI is InChI=1S/C17H23ClN2O3S2/c1-13-4-6-19(7-5-13)17(21)15-12-14(2-3-16(15)18)25(22,23)20-8-10-24-11-9-20/h2-3,12-13H,4-11H2,1H3. The first-order valence-electron chi connectivity index (χ1n) is 8.56. The predicted octanol–water partition coefficient (Wildman–Crippen LogP) is 2.95. The van der Waals surface area contributed by atoms with Gasteiger partial charge in [-0.25, -0.2) is 8.42 Å². The van der Waals surface area contributed by atoms with E-state index in [0.29, 0.717) is 37.1 Å². The van der Waals surface area contributed by atoms with Crippen LogP contribution in [0.25, 0.3) is 0 Å². The molecule has 2 fully saturated rings. The van der Waals surface area contributed by atoms with Crippen molar-refractivity contribution in [3.63, 3.8) is 0 Å². The second-order valence-corrected chi connectivity index (χ2v) is 10.2. The van der Waals surface area contributed by atoms with E-state index in [1.165, 1.54) is 22.5 Å². The summed E-state index contributed by atoms with van der Waals surface area (Å²) in [6, 6.07) is 4.46. The van der Waals surface area contributed by atoms with E-state index in [1.807, 2.05) is 0 Å². The lowest BCUT2D eigenvalue weighted by atomic mass is 9.98. The fraction of sp³-hybridized carbons (Fsp3) is 0.588. The van der Waals surface area contributed by atoms with Gasteiger partial charge in [0.05, 0.1) is 15.5 Å². The van der Waals surface area contributed by atoms with Crippen LogP contribution in [0.3, 0.4) is 0 Å². The third kappa shape index (κ3) is 4.15. The summed E-state index contributed by atoms with van der Waals surface area (Å²) in [7, 11) is -3.58. The van der Waals surface area contributed by atoms with Gasteiger partial charge in [0.1, 0.15) is 0 Å². The molecule has 0 N–H and O–H groups in total. The Balaban J connectivity index is 1.86. The van der Waals surface area contributed by atoms with Crippen molar-refractivity contribution in [2.75, 3.05) is 37.7 Å². The zero-order valence-corrected chi connectivity index (χ0v) is 16.7. The summed E-state index contributed by atoms with van der Waals surface area (Å²) < 4.78 is 27.2. The molecule has 2 aliphatic rings. The summed E-state index contributed by atoms with van der Waals surface area (Å²) in [5, 5.41) is 0.303. The number of likely N-dealkylation sites (tertiary alicyclic amines) is 1. The van der Waals surface area contributed by atoms with E-state index in [9.17, 15) is 13.2 Å². The minimum atomic E-state index is -3.58. The van der Waals surface area contributed by atoms with Gasteiger partial charge < -0.3 is 4.90 Å². The Morgan fingerprint density at radius 2 is 1.80 bits per heavy atom. The van der Waals surface area contributed by atoms with Gasteiger partial charge in [-0.2, -0.15) is 16.1 Å². The van der Waals surface area contributed by atoms with Gasteiger partial charge in [-0.3, -0.25) is 4.79 Å². The van der Waals surface area contributed by atoms with Crippen molar-refractivity contribution in [1.29, 1.82) is 0 Å². The lowest BCUT2D eigenvalue weighted by Crippen LogP contribution is -2.39. The summed E-state index contributed by atoms with van der Waals surface area (Å²) in [4.78, 5) is 14.7. The van der Waals surface area contributed by atoms with Crippen LogP contribution in [0.15, 0.2) is 23.1 Å². The fourth-order valence-electron chi connectivity index (χ4n) is 3.15.